The summed E-state index contributed by atoms with van der Waals surface area (Å²) in [6.07, 6.45) is 17.3. The van der Waals surface area contributed by atoms with Gasteiger partial charge in [-0.15, -0.1) is 0 Å². The fraction of sp³-hybridized carbons (Fsp3) is 0.273. The van der Waals surface area contributed by atoms with E-state index in [1.807, 2.05) is 19.1 Å². The van der Waals surface area contributed by atoms with E-state index < -0.39 is 0 Å². The van der Waals surface area contributed by atoms with Gasteiger partial charge in [0.05, 0.1) is 0 Å². The Morgan fingerprint density at radius 2 is 2.18 bits per heavy atom. The van der Waals surface area contributed by atoms with Gasteiger partial charge in [-0.2, -0.15) is 0 Å². The molecule has 0 aliphatic heterocycles. The zero-order valence-corrected chi connectivity index (χ0v) is 6.96. The number of hydrogen-bond donors (Lipinski definition) is 0. The molecule has 0 amide bonds. The van der Waals surface area contributed by atoms with Crippen LogP contribution in [0.3, 0.4) is 0 Å². The first-order chi connectivity index (χ1) is 5.43. The van der Waals surface area contributed by atoms with Gasteiger partial charge in [0, 0.05) is 0 Å². The van der Waals surface area contributed by atoms with Gasteiger partial charge >= 0.3 is 0 Å². The summed E-state index contributed by atoms with van der Waals surface area (Å²) in [6, 6.07) is 0. The highest BCUT2D eigenvalue weighted by Crippen LogP contribution is 2.10. The van der Waals surface area contributed by atoms with Crippen LogP contribution in [0, 0.1) is 0 Å². The molecule has 0 N–H and O–H groups in total. The number of hydrogen-bond acceptors (Lipinski definition) is 0. The molecule has 1 rings (SSSR count). The monoisotopic (exact) mass is 146 g/mol. The van der Waals surface area contributed by atoms with Crippen molar-refractivity contribution in [2.24, 2.45) is 0 Å². The third kappa shape index (κ3) is 3.03. The molecule has 0 saturated carbocycles. The predicted molar refractivity (Wildman–Crippen MR) is 50.4 cm³/mol. The maximum Gasteiger partial charge on any atom is -0.0300 e. The van der Waals surface area contributed by atoms with E-state index in [4.69, 9.17) is 0 Å². The lowest BCUT2D eigenvalue weighted by atomic mass is 10.1. The van der Waals surface area contributed by atoms with Gasteiger partial charge in [0.2, 0.25) is 0 Å². The topological polar surface area (TPSA) is 0 Å². The molecule has 0 spiro atoms. The van der Waals surface area contributed by atoms with Crippen LogP contribution in [0.4, 0.5) is 0 Å². The Morgan fingerprint density at radius 1 is 1.27 bits per heavy atom. The largest absolute Gasteiger partial charge is 0.0877 e. The Morgan fingerprint density at radius 3 is 2.82 bits per heavy atom. The Hall–Kier alpha value is -1.04. The summed E-state index contributed by atoms with van der Waals surface area (Å²) in [7, 11) is 0. The normalized spacial score (nSPS) is 18.1. The Labute approximate surface area is 68.6 Å². The number of rotatable bonds is 2. The van der Waals surface area contributed by atoms with Crippen molar-refractivity contribution in [1.82, 2.24) is 0 Å². The molecule has 11 heavy (non-hydrogen) atoms. The van der Waals surface area contributed by atoms with Gasteiger partial charge in [-0.1, -0.05) is 42.5 Å². The summed E-state index contributed by atoms with van der Waals surface area (Å²) >= 11 is 0. The van der Waals surface area contributed by atoms with Crippen molar-refractivity contribution >= 4 is 0 Å². The smallest absolute Gasteiger partial charge is 0.0300 e. The molecule has 0 atom stereocenters. The molecule has 0 radical (unpaired) electrons. The molecule has 0 bridgehead atoms. The molecular formula is C11H14. The lowest BCUT2D eigenvalue weighted by Crippen LogP contribution is -1.79. The zero-order valence-electron chi connectivity index (χ0n) is 6.96. The van der Waals surface area contributed by atoms with E-state index in [0.717, 1.165) is 0 Å². The van der Waals surface area contributed by atoms with E-state index in [2.05, 4.69) is 30.4 Å². The molecule has 0 nitrogen and oxygen atoms in total. The highest BCUT2D eigenvalue weighted by molar-refractivity contribution is 5.34. The van der Waals surface area contributed by atoms with Crippen LogP contribution < -0.4 is 0 Å². The van der Waals surface area contributed by atoms with Crippen LogP contribution in [0.5, 0.6) is 0 Å². The molecular weight excluding hydrogens is 132 g/mol. The first-order valence-electron chi connectivity index (χ1n) is 4.09. The van der Waals surface area contributed by atoms with Crippen molar-refractivity contribution in [2.45, 2.75) is 19.8 Å². The van der Waals surface area contributed by atoms with E-state index in [1.165, 1.54) is 18.4 Å². The average molecular weight is 146 g/mol. The zero-order chi connectivity index (χ0) is 7.94. The molecule has 0 unspecified atom stereocenters. The van der Waals surface area contributed by atoms with E-state index in [-0.39, 0.29) is 0 Å². The Balaban J connectivity index is 2.48. The molecule has 0 aromatic rings. The molecule has 1 aliphatic carbocycles. The fourth-order valence-electron chi connectivity index (χ4n) is 1.04. The second kappa shape index (κ2) is 4.73. The summed E-state index contributed by atoms with van der Waals surface area (Å²) in [5, 5.41) is 0. The van der Waals surface area contributed by atoms with Crippen molar-refractivity contribution in [3.05, 3.63) is 48.1 Å². The van der Waals surface area contributed by atoms with Crippen LogP contribution in [-0.2, 0) is 0 Å². The SMILES string of the molecule is C/C=C/C=CC1=CCCC=C1. The first kappa shape index (κ1) is 8.06. The standard InChI is InChI=1S/C11H14/c1-2-3-5-8-11-9-6-4-7-10-11/h2-3,5-6,8-10H,4,7H2,1H3/b3-2+,8-5?. The third-order valence-corrected chi connectivity index (χ3v) is 1.62. The summed E-state index contributed by atoms with van der Waals surface area (Å²) < 4.78 is 0. The van der Waals surface area contributed by atoms with Crippen LogP contribution in [0.2, 0.25) is 0 Å². The van der Waals surface area contributed by atoms with Gasteiger partial charge in [-0.3, -0.25) is 0 Å². The lowest BCUT2D eigenvalue weighted by Gasteiger charge is -1.99. The summed E-state index contributed by atoms with van der Waals surface area (Å²) in [5.41, 5.74) is 1.33. The lowest BCUT2D eigenvalue weighted by molar-refractivity contribution is 1.02. The van der Waals surface area contributed by atoms with Gasteiger partial charge in [0.25, 0.3) is 0 Å². The van der Waals surface area contributed by atoms with Crippen molar-refractivity contribution in [1.29, 1.82) is 0 Å². The summed E-state index contributed by atoms with van der Waals surface area (Å²) in [5.74, 6) is 0. The average Bonchev–Trinajstić information content (AvgIpc) is 2.07. The molecule has 0 aromatic carbocycles. The fourth-order valence-corrected chi connectivity index (χ4v) is 1.04. The van der Waals surface area contributed by atoms with Crippen LogP contribution in [0.25, 0.3) is 0 Å². The molecule has 0 fully saturated rings. The maximum absolute atomic E-state index is 2.26. The van der Waals surface area contributed by atoms with Crippen LogP contribution in [0.15, 0.2) is 48.1 Å². The maximum atomic E-state index is 2.26. The second-order valence-corrected chi connectivity index (χ2v) is 2.57. The Kier molecular flexibility index (Phi) is 3.46. The highest BCUT2D eigenvalue weighted by Gasteiger charge is 1.89. The Bertz CT molecular complexity index is 214. The van der Waals surface area contributed by atoms with Gasteiger partial charge in [-0.25, -0.2) is 0 Å². The van der Waals surface area contributed by atoms with Crippen LogP contribution >= 0.6 is 0 Å². The second-order valence-electron chi connectivity index (χ2n) is 2.57. The van der Waals surface area contributed by atoms with Crippen molar-refractivity contribution in [3.63, 3.8) is 0 Å². The molecule has 0 saturated heterocycles. The minimum absolute atomic E-state index is 1.19. The molecule has 0 heteroatoms. The first-order valence-corrected chi connectivity index (χ1v) is 4.09. The molecule has 0 aromatic heterocycles. The van der Waals surface area contributed by atoms with Gasteiger partial charge in [0.1, 0.15) is 0 Å². The van der Waals surface area contributed by atoms with Crippen molar-refractivity contribution in [2.75, 3.05) is 0 Å². The van der Waals surface area contributed by atoms with E-state index in [0.29, 0.717) is 0 Å². The minimum atomic E-state index is 1.19. The van der Waals surface area contributed by atoms with E-state index >= 15 is 0 Å². The molecule has 0 heterocycles. The summed E-state index contributed by atoms with van der Waals surface area (Å²) in [6.45, 7) is 2.02. The third-order valence-electron chi connectivity index (χ3n) is 1.62. The van der Waals surface area contributed by atoms with E-state index in [9.17, 15) is 0 Å². The molecule has 1 aliphatic rings. The number of allylic oxidation sites excluding steroid dienone is 8. The van der Waals surface area contributed by atoms with Crippen LogP contribution in [0.1, 0.15) is 19.8 Å². The van der Waals surface area contributed by atoms with Crippen LogP contribution in [-0.4, -0.2) is 0 Å². The quantitative estimate of drug-likeness (QED) is 0.524. The van der Waals surface area contributed by atoms with E-state index in [1.54, 1.807) is 0 Å². The van der Waals surface area contributed by atoms with Gasteiger partial charge in [-0.05, 0) is 25.3 Å². The van der Waals surface area contributed by atoms with Crippen molar-refractivity contribution < 1.29 is 0 Å². The van der Waals surface area contributed by atoms with Gasteiger partial charge in [0.15, 0.2) is 0 Å². The van der Waals surface area contributed by atoms with Gasteiger partial charge < -0.3 is 0 Å². The molecule has 58 valence electrons. The van der Waals surface area contributed by atoms with Crippen molar-refractivity contribution in [3.8, 4) is 0 Å². The predicted octanol–water partition coefficient (Wildman–Crippen LogP) is 3.40. The summed E-state index contributed by atoms with van der Waals surface area (Å²) in [4.78, 5) is 0. The minimum Gasteiger partial charge on any atom is -0.0877 e. The highest BCUT2D eigenvalue weighted by atomic mass is 14.0.